The van der Waals surface area contributed by atoms with Gasteiger partial charge >= 0.3 is 12.1 Å². The molecule has 0 unspecified atom stereocenters. The van der Waals surface area contributed by atoms with Crippen LogP contribution in [0.1, 0.15) is 10.4 Å². The van der Waals surface area contributed by atoms with Crippen molar-refractivity contribution in [3.63, 3.8) is 0 Å². The third-order valence-corrected chi connectivity index (χ3v) is 3.77. The van der Waals surface area contributed by atoms with Gasteiger partial charge < -0.3 is 14.8 Å². The number of nitrogens with one attached hydrogen (secondary N) is 1. The Balaban J connectivity index is 1.91. The normalized spacial score (nSPS) is 11.9. The molecule has 0 aliphatic heterocycles. The number of alkyl carbamates (subject to hydrolysis) is 1. The molecular weight excluding hydrogens is 314 g/mol. The van der Waals surface area contributed by atoms with Crippen LogP contribution >= 0.6 is 11.3 Å². The summed E-state index contributed by atoms with van der Waals surface area (Å²) in [7, 11) is 1.27. The zero-order valence-corrected chi connectivity index (χ0v) is 13.4. The average Bonchev–Trinajstić information content (AvgIpc) is 3.10. The quantitative estimate of drug-likeness (QED) is 0.826. The van der Waals surface area contributed by atoms with E-state index in [0.717, 1.165) is 10.4 Å². The zero-order valence-electron chi connectivity index (χ0n) is 12.6. The second-order valence-corrected chi connectivity index (χ2v) is 5.56. The van der Waals surface area contributed by atoms with E-state index in [4.69, 9.17) is 4.74 Å². The van der Waals surface area contributed by atoms with E-state index in [1.165, 1.54) is 18.4 Å². The lowest BCUT2D eigenvalue weighted by atomic mass is 10.2. The SMILES string of the molecule is COC(=O)[C@H](/C=C/c1cccs1)NC(=O)OCc1ccccc1. The van der Waals surface area contributed by atoms with Gasteiger partial charge in [-0.3, -0.25) is 0 Å². The van der Waals surface area contributed by atoms with Crippen LogP contribution in [0.25, 0.3) is 6.08 Å². The summed E-state index contributed by atoms with van der Waals surface area (Å²) < 4.78 is 9.79. The number of hydrogen-bond donors (Lipinski definition) is 1. The first-order chi connectivity index (χ1) is 11.2. The van der Waals surface area contributed by atoms with Gasteiger partial charge in [-0.1, -0.05) is 36.4 Å². The highest BCUT2D eigenvalue weighted by atomic mass is 32.1. The van der Waals surface area contributed by atoms with Crippen molar-refractivity contribution in [3.05, 3.63) is 64.4 Å². The molecule has 120 valence electrons. The van der Waals surface area contributed by atoms with E-state index < -0.39 is 18.1 Å². The van der Waals surface area contributed by atoms with Crippen LogP contribution < -0.4 is 5.32 Å². The Morgan fingerprint density at radius 2 is 2.00 bits per heavy atom. The summed E-state index contributed by atoms with van der Waals surface area (Å²) in [5.41, 5.74) is 0.867. The van der Waals surface area contributed by atoms with Crippen molar-refractivity contribution in [2.24, 2.45) is 0 Å². The molecule has 0 saturated carbocycles. The molecule has 2 rings (SSSR count). The average molecular weight is 331 g/mol. The highest BCUT2D eigenvalue weighted by Gasteiger charge is 2.19. The zero-order chi connectivity index (χ0) is 16.5. The summed E-state index contributed by atoms with van der Waals surface area (Å²) >= 11 is 1.53. The number of benzene rings is 1. The number of ether oxygens (including phenoxy) is 2. The maximum Gasteiger partial charge on any atom is 0.408 e. The molecule has 5 nitrogen and oxygen atoms in total. The van der Waals surface area contributed by atoms with Gasteiger partial charge in [0, 0.05) is 4.88 Å². The molecule has 1 atom stereocenters. The molecule has 2 aromatic rings. The molecule has 1 heterocycles. The summed E-state index contributed by atoms with van der Waals surface area (Å²) in [6, 6.07) is 12.2. The van der Waals surface area contributed by atoms with Crippen LogP contribution in [0, 0.1) is 0 Å². The van der Waals surface area contributed by atoms with Gasteiger partial charge in [-0.15, -0.1) is 11.3 Å². The number of esters is 1. The number of carbonyl (C=O) groups is 2. The molecule has 1 amide bonds. The van der Waals surface area contributed by atoms with Gasteiger partial charge in [0.25, 0.3) is 0 Å². The molecule has 0 bridgehead atoms. The van der Waals surface area contributed by atoms with Gasteiger partial charge in [-0.2, -0.15) is 0 Å². The van der Waals surface area contributed by atoms with Gasteiger partial charge in [0.1, 0.15) is 12.6 Å². The maximum atomic E-state index is 11.8. The topological polar surface area (TPSA) is 64.6 Å². The Kier molecular flexibility index (Phi) is 6.38. The van der Waals surface area contributed by atoms with Gasteiger partial charge in [0.05, 0.1) is 7.11 Å². The number of hydrogen-bond acceptors (Lipinski definition) is 5. The van der Waals surface area contributed by atoms with Crippen molar-refractivity contribution in [2.75, 3.05) is 7.11 Å². The Labute approximate surface area is 138 Å². The third kappa shape index (κ3) is 5.60. The Bertz CT molecular complexity index is 652. The second-order valence-electron chi connectivity index (χ2n) is 4.58. The minimum atomic E-state index is -0.898. The summed E-state index contributed by atoms with van der Waals surface area (Å²) in [6.45, 7) is 0.134. The Morgan fingerprint density at radius 3 is 2.65 bits per heavy atom. The molecular formula is C17H17NO4S. The number of rotatable bonds is 6. The first kappa shape index (κ1) is 16.8. The van der Waals surface area contributed by atoms with E-state index in [2.05, 4.69) is 10.1 Å². The van der Waals surface area contributed by atoms with E-state index in [9.17, 15) is 9.59 Å². The molecule has 0 radical (unpaired) electrons. The number of methoxy groups -OCH3 is 1. The lowest BCUT2D eigenvalue weighted by Crippen LogP contribution is -2.40. The van der Waals surface area contributed by atoms with Crippen molar-refractivity contribution < 1.29 is 19.1 Å². The van der Waals surface area contributed by atoms with Crippen LogP contribution in [0.15, 0.2) is 53.9 Å². The van der Waals surface area contributed by atoms with E-state index in [-0.39, 0.29) is 6.61 Å². The Morgan fingerprint density at radius 1 is 1.22 bits per heavy atom. The highest BCUT2D eigenvalue weighted by molar-refractivity contribution is 7.10. The minimum absolute atomic E-state index is 0.134. The molecule has 0 aliphatic carbocycles. The molecule has 0 aliphatic rings. The van der Waals surface area contributed by atoms with E-state index >= 15 is 0 Å². The van der Waals surface area contributed by atoms with Crippen LogP contribution in [-0.4, -0.2) is 25.2 Å². The second kappa shape index (κ2) is 8.75. The summed E-state index contributed by atoms with van der Waals surface area (Å²) in [5.74, 6) is -0.561. The molecule has 6 heteroatoms. The van der Waals surface area contributed by atoms with Crippen molar-refractivity contribution in [1.82, 2.24) is 5.32 Å². The monoisotopic (exact) mass is 331 g/mol. The number of amides is 1. The lowest BCUT2D eigenvalue weighted by molar-refractivity contribution is -0.141. The van der Waals surface area contributed by atoms with Crippen molar-refractivity contribution in [2.45, 2.75) is 12.6 Å². The van der Waals surface area contributed by atoms with Crippen LogP contribution in [0.5, 0.6) is 0 Å². The smallest absolute Gasteiger partial charge is 0.408 e. The standard InChI is InChI=1S/C17H17NO4S/c1-21-16(19)15(10-9-14-8-5-11-23-14)18-17(20)22-12-13-6-3-2-4-7-13/h2-11,15H,12H2,1H3,(H,18,20)/b10-9+/t15-/m0/s1. The van der Waals surface area contributed by atoms with Gasteiger partial charge in [0.15, 0.2) is 0 Å². The molecule has 0 fully saturated rings. The molecule has 1 N–H and O–H groups in total. The lowest BCUT2D eigenvalue weighted by Gasteiger charge is -2.13. The fraction of sp³-hybridized carbons (Fsp3) is 0.176. The third-order valence-electron chi connectivity index (χ3n) is 2.94. The van der Waals surface area contributed by atoms with E-state index in [1.54, 1.807) is 12.2 Å². The van der Waals surface area contributed by atoms with Crippen LogP contribution in [0.2, 0.25) is 0 Å². The van der Waals surface area contributed by atoms with Crippen LogP contribution in [0.3, 0.4) is 0 Å². The maximum absolute atomic E-state index is 11.8. The highest BCUT2D eigenvalue weighted by Crippen LogP contribution is 2.11. The predicted octanol–water partition coefficient (Wildman–Crippen LogP) is 3.23. The van der Waals surface area contributed by atoms with Gasteiger partial charge in [0.2, 0.25) is 0 Å². The van der Waals surface area contributed by atoms with Crippen molar-refractivity contribution in [3.8, 4) is 0 Å². The van der Waals surface area contributed by atoms with Crippen LogP contribution in [-0.2, 0) is 20.9 Å². The Hall–Kier alpha value is -2.60. The minimum Gasteiger partial charge on any atom is -0.467 e. The first-order valence-corrected chi connectivity index (χ1v) is 7.84. The number of thiophene rings is 1. The van der Waals surface area contributed by atoms with Crippen molar-refractivity contribution >= 4 is 29.5 Å². The summed E-state index contributed by atoms with van der Waals surface area (Å²) in [6.07, 6.45) is 2.64. The van der Waals surface area contributed by atoms with E-state index in [1.807, 2.05) is 47.8 Å². The van der Waals surface area contributed by atoms with Gasteiger partial charge in [-0.25, -0.2) is 9.59 Å². The fourth-order valence-electron chi connectivity index (χ4n) is 1.78. The molecule has 1 aromatic heterocycles. The van der Waals surface area contributed by atoms with Crippen molar-refractivity contribution in [1.29, 1.82) is 0 Å². The van der Waals surface area contributed by atoms with Gasteiger partial charge in [-0.05, 0) is 29.2 Å². The van der Waals surface area contributed by atoms with E-state index in [0.29, 0.717) is 0 Å². The number of carbonyl (C=O) groups excluding carboxylic acids is 2. The van der Waals surface area contributed by atoms with Crippen LogP contribution in [0.4, 0.5) is 4.79 Å². The molecule has 1 aromatic carbocycles. The fourth-order valence-corrected chi connectivity index (χ4v) is 2.41. The largest absolute Gasteiger partial charge is 0.467 e. The summed E-state index contributed by atoms with van der Waals surface area (Å²) in [5, 5.41) is 4.41. The molecule has 0 saturated heterocycles. The first-order valence-electron chi connectivity index (χ1n) is 6.96. The molecule has 23 heavy (non-hydrogen) atoms. The molecule has 0 spiro atoms. The summed E-state index contributed by atoms with van der Waals surface area (Å²) in [4.78, 5) is 24.5. The predicted molar refractivity (Wildman–Crippen MR) is 88.9 cm³/mol.